The smallest absolute Gasteiger partial charge is 0.255 e. The molecule has 4 nitrogen and oxygen atoms in total. The van der Waals surface area contributed by atoms with Crippen molar-refractivity contribution in [2.75, 3.05) is 16.8 Å². The van der Waals surface area contributed by atoms with Crippen molar-refractivity contribution in [1.82, 2.24) is 0 Å². The molecule has 1 N–H and O–H groups in total. The van der Waals surface area contributed by atoms with Gasteiger partial charge in [0, 0.05) is 30.4 Å². The number of rotatable bonds is 4. The Hall–Kier alpha value is -3.40. The van der Waals surface area contributed by atoms with E-state index >= 15 is 0 Å². The van der Waals surface area contributed by atoms with Gasteiger partial charge in [0.25, 0.3) is 5.91 Å². The van der Waals surface area contributed by atoms with Crippen molar-refractivity contribution in [3.05, 3.63) is 95.1 Å². The van der Waals surface area contributed by atoms with Crippen molar-refractivity contribution in [2.24, 2.45) is 0 Å². The second-order valence-electron chi connectivity index (χ2n) is 7.04. The molecule has 1 aliphatic rings. The molecular formula is C24H22N2O2. The standard InChI is InChI=1S/C24H22N2O2/c1-17(27)26-14-13-20-16-21(11-12-23(20)26)24(28)25-22-10-6-5-9-19(22)15-18-7-3-2-4-8-18/h2-12,16H,13-15H2,1H3,(H,25,28). The zero-order chi connectivity index (χ0) is 19.5. The summed E-state index contributed by atoms with van der Waals surface area (Å²) >= 11 is 0. The van der Waals surface area contributed by atoms with Crippen molar-refractivity contribution >= 4 is 23.2 Å². The Kier molecular flexibility index (Phi) is 4.94. The molecule has 140 valence electrons. The Morgan fingerprint density at radius 2 is 1.71 bits per heavy atom. The van der Waals surface area contributed by atoms with Crippen LogP contribution >= 0.6 is 0 Å². The van der Waals surface area contributed by atoms with Gasteiger partial charge in [0.15, 0.2) is 0 Å². The monoisotopic (exact) mass is 370 g/mol. The number of amides is 2. The van der Waals surface area contributed by atoms with E-state index in [1.54, 1.807) is 17.9 Å². The van der Waals surface area contributed by atoms with Gasteiger partial charge in [0.1, 0.15) is 0 Å². The maximum atomic E-state index is 12.8. The lowest BCUT2D eigenvalue weighted by Crippen LogP contribution is -2.25. The van der Waals surface area contributed by atoms with Crippen LogP contribution in [0, 0.1) is 0 Å². The molecule has 28 heavy (non-hydrogen) atoms. The third kappa shape index (κ3) is 3.67. The van der Waals surface area contributed by atoms with Gasteiger partial charge in [0.2, 0.25) is 5.91 Å². The molecule has 2 amide bonds. The summed E-state index contributed by atoms with van der Waals surface area (Å²) in [6.45, 7) is 2.25. The maximum Gasteiger partial charge on any atom is 0.255 e. The Morgan fingerprint density at radius 1 is 0.964 bits per heavy atom. The van der Waals surface area contributed by atoms with E-state index in [1.807, 2.05) is 54.6 Å². The fourth-order valence-corrected chi connectivity index (χ4v) is 3.68. The summed E-state index contributed by atoms with van der Waals surface area (Å²) in [5, 5.41) is 3.05. The third-order valence-corrected chi connectivity index (χ3v) is 5.12. The number of benzene rings is 3. The number of carbonyl (C=O) groups is 2. The molecule has 0 saturated carbocycles. The summed E-state index contributed by atoms with van der Waals surface area (Å²) in [5.74, 6) is -0.102. The first-order valence-corrected chi connectivity index (χ1v) is 9.46. The van der Waals surface area contributed by atoms with E-state index < -0.39 is 0 Å². The van der Waals surface area contributed by atoms with Gasteiger partial charge in [-0.15, -0.1) is 0 Å². The quantitative estimate of drug-likeness (QED) is 0.738. The van der Waals surface area contributed by atoms with Gasteiger partial charge in [-0.2, -0.15) is 0 Å². The van der Waals surface area contributed by atoms with Crippen LogP contribution in [-0.4, -0.2) is 18.4 Å². The first-order chi connectivity index (χ1) is 13.6. The second-order valence-corrected chi connectivity index (χ2v) is 7.04. The molecule has 0 bridgehead atoms. The molecule has 3 aromatic rings. The highest BCUT2D eigenvalue weighted by molar-refractivity contribution is 6.05. The molecule has 0 aliphatic carbocycles. The van der Waals surface area contributed by atoms with Crippen LogP contribution in [0.3, 0.4) is 0 Å². The number of hydrogen-bond donors (Lipinski definition) is 1. The van der Waals surface area contributed by atoms with Crippen LogP contribution in [0.4, 0.5) is 11.4 Å². The summed E-state index contributed by atoms with van der Waals surface area (Å²) in [5.41, 5.74) is 5.66. The molecule has 4 rings (SSSR count). The molecular weight excluding hydrogens is 348 g/mol. The number of nitrogens with one attached hydrogen (secondary N) is 1. The predicted octanol–water partition coefficient (Wildman–Crippen LogP) is 4.44. The van der Waals surface area contributed by atoms with Crippen molar-refractivity contribution in [3.8, 4) is 0 Å². The van der Waals surface area contributed by atoms with Crippen molar-refractivity contribution in [3.63, 3.8) is 0 Å². The molecule has 0 radical (unpaired) electrons. The van der Waals surface area contributed by atoms with E-state index in [9.17, 15) is 9.59 Å². The zero-order valence-electron chi connectivity index (χ0n) is 15.8. The minimum Gasteiger partial charge on any atom is -0.322 e. The SMILES string of the molecule is CC(=O)N1CCc2cc(C(=O)Nc3ccccc3Cc3ccccc3)ccc21. The molecule has 0 aromatic heterocycles. The van der Waals surface area contributed by atoms with Gasteiger partial charge < -0.3 is 10.2 Å². The highest BCUT2D eigenvalue weighted by atomic mass is 16.2. The number of hydrogen-bond acceptors (Lipinski definition) is 2. The van der Waals surface area contributed by atoms with Crippen LogP contribution in [-0.2, 0) is 17.6 Å². The van der Waals surface area contributed by atoms with E-state index in [-0.39, 0.29) is 11.8 Å². The van der Waals surface area contributed by atoms with Crippen LogP contribution in [0.15, 0.2) is 72.8 Å². The summed E-state index contributed by atoms with van der Waals surface area (Å²) < 4.78 is 0. The number of para-hydroxylation sites is 1. The van der Waals surface area contributed by atoms with Gasteiger partial charge >= 0.3 is 0 Å². The minimum absolute atomic E-state index is 0.0331. The van der Waals surface area contributed by atoms with Crippen LogP contribution in [0.1, 0.15) is 34.0 Å². The fourth-order valence-electron chi connectivity index (χ4n) is 3.68. The molecule has 1 aliphatic heterocycles. The predicted molar refractivity (Wildman–Crippen MR) is 112 cm³/mol. The summed E-state index contributed by atoms with van der Waals surface area (Å²) in [6, 6.07) is 23.6. The van der Waals surface area contributed by atoms with Gasteiger partial charge in [-0.25, -0.2) is 0 Å². The molecule has 1 heterocycles. The van der Waals surface area contributed by atoms with E-state index in [0.717, 1.165) is 35.3 Å². The highest BCUT2D eigenvalue weighted by Gasteiger charge is 2.23. The van der Waals surface area contributed by atoms with Crippen molar-refractivity contribution in [1.29, 1.82) is 0 Å². The van der Waals surface area contributed by atoms with Crippen LogP contribution in [0.2, 0.25) is 0 Å². The Labute approximate surface area is 164 Å². The highest BCUT2D eigenvalue weighted by Crippen LogP contribution is 2.29. The molecule has 0 saturated heterocycles. The van der Waals surface area contributed by atoms with Crippen LogP contribution in [0.25, 0.3) is 0 Å². The molecule has 0 atom stereocenters. The summed E-state index contributed by atoms with van der Waals surface area (Å²) in [6.07, 6.45) is 1.54. The molecule has 3 aromatic carbocycles. The Bertz CT molecular complexity index is 1030. The average Bonchev–Trinajstić information content (AvgIpc) is 3.14. The largest absolute Gasteiger partial charge is 0.322 e. The van der Waals surface area contributed by atoms with Crippen LogP contribution < -0.4 is 10.2 Å². The normalized spacial score (nSPS) is 12.5. The lowest BCUT2D eigenvalue weighted by Gasteiger charge is -2.15. The van der Waals surface area contributed by atoms with E-state index in [1.165, 1.54) is 5.56 Å². The fraction of sp³-hybridized carbons (Fsp3) is 0.167. The summed E-state index contributed by atoms with van der Waals surface area (Å²) in [4.78, 5) is 26.3. The molecule has 0 fully saturated rings. The number of carbonyl (C=O) groups excluding carboxylic acids is 2. The van der Waals surface area contributed by atoms with Gasteiger partial charge in [-0.3, -0.25) is 9.59 Å². The second kappa shape index (κ2) is 7.69. The first-order valence-electron chi connectivity index (χ1n) is 9.46. The van der Waals surface area contributed by atoms with Crippen molar-refractivity contribution < 1.29 is 9.59 Å². The van der Waals surface area contributed by atoms with E-state index in [2.05, 4.69) is 17.4 Å². The lowest BCUT2D eigenvalue weighted by atomic mass is 10.0. The first kappa shape index (κ1) is 18.0. The maximum absolute atomic E-state index is 12.8. The topological polar surface area (TPSA) is 49.4 Å². The van der Waals surface area contributed by atoms with E-state index in [4.69, 9.17) is 0 Å². The van der Waals surface area contributed by atoms with Gasteiger partial charge in [-0.1, -0.05) is 48.5 Å². The van der Waals surface area contributed by atoms with Gasteiger partial charge in [0.05, 0.1) is 0 Å². The number of anilines is 2. The van der Waals surface area contributed by atoms with Crippen LogP contribution in [0.5, 0.6) is 0 Å². The molecule has 0 unspecified atom stereocenters. The lowest BCUT2D eigenvalue weighted by molar-refractivity contribution is -0.116. The summed E-state index contributed by atoms with van der Waals surface area (Å²) in [7, 11) is 0. The van der Waals surface area contributed by atoms with Gasteiger partial charge in [-0.05, 0) is 53.8 Å². The van der Waals surface area contributed by atoms with Crippen molar-refractivity contribution in [2.45, 2.75) is 19.8 Å². The number of fused-ring (bicyclic) bond motifs is 1. The number of nitrogens with zero attached hydrogens (tertiary/aromatic N) is 1. The third-order valence-electron chi connectivity index (χ3n) is 5.12. The minimum atomic E-state index is -0.135. The average molecular weight is 370 g/mol. The Morgan fingerprint density at radius 3 is 2.50 bits per heavy atom. The Balaban J connectivity index is 1.54. The molecule has 4 heteroatoms. The zero-order valence-corrected chi connectivity index (χ0v) is 15.8. The van der Waals surface area contributed by atoms with E-state index in [0.29, 0.717) is 12.1 Å². The molecule has 0 spiro atoms.